The molecule has 8 nitrogen and oxygen atoms in total. The number of amides is 1. The molecule has 1 unspecified atom stereocenters. The van der Waals surface area contributed by atoms with Crippen molar-refractivity contribution >= 4 is 28.2 Å². The molecule has 0 bridgehead atoms. The Labute approximate surface area is 186 Å². The van der Waals surface area contributed by atoms with Gasteiger partial charge < -0.3 is 19.7 Å². The number of rotatable bonds is 6. The molecule has 1 aliphatic heterocycles. The largest absolute Gasteiger partial charge is 0.497 e. The molecule has 8 heteroatoms. The summed E-state index contributed by atoms with van der Waals surface area (Å²) in [5.41, 5.74) is 0.234. The molecule has 0 radical (unpaired) electrons. The van der Waals surface area contributed by atoms with Crippen LogP contribution >= 0.6 is 0 Å². The summed E-state index contributed by atoms with van der Waals surface area (Å²) in [5.74, 6) is 2.06. The molecule has 1 aromatic heterocycles. The van der Waals surface area contributed by atoms with Crippen LogP contribution in [0.1, 0.15) is 19.8 Å². The molecule has 2 heterocycles. The van der Waals surface area contributed by atoms with Crippen LogP contribution in [0.5, 0.6) is 11.5 Å². The van der Waals surface area contributed by atoms with Crippen LogP contribution in [0, 0.1) is 5.92 Å². The summed E-state index contributed by atoms with van der Waals surface area (Å²) < 4.78 is 11.8. The molecule has 1 aliphatic rings. The van der Waals surface area contributed by atoms with Crippen LogP contribution in [0.4, 0.5) is 11.5 Å². The molecule has 0 saturated carbocycles. The second kappa shape index (κ2) is 9.30. The molecular weight excluding hydrogens is 408 g/mol. The quantitative estimate of drug-likeness (QED) is 0.638. The summed E-state index contributed by atoms with van der Waals surface area (Å²) in [4.78, 5) is 28.1. The van der Waals surface area contributed by atoms with E-state index in [2.05, 4.69) is 22.2 Å². The van der Waals surface area contributed by atoms with Gasteiger partial charge >= 0.3 is 0 Å². The first kappa shape index (κ1) is 21.7. The highest BCUT2D eigenvalue weighted by atomic mass is 16.5. The van der Waals surface area contributed by atoms with Gasteiger partial charge in [-0.25, -0.2) is 4.68 Å². The van der Waals surface area contributed by atoms with Gasteiger partial charge in [-0.05, 0) is 24.8 Å². The minimum Gasteiger partial charge on any atom is -0.497 e. The van der Waals surface area contributed by atoms with Crippen molar-refractivity contribution in [3.05, 3.63) is 52.8 Å². The van der Waals surface area contributed by atoms with Gasteiger partial charge in [0.25, 0.3) is 5.56 Å². The lowest BCUT2D eigenvalue weighted by Gasteiger charge is -2.32. The lowest BCUT2D eigenvalue weighted by atomic mass is 10.00. The van der Waals surface area contributed by atoms with Crippen LogP contribution in [0.2, 0.25) is 0 Å². The van der Waals surface area contributed by atoms with Gasteiger partial charge in [-0.15, -0.1) is 0 Å². The highest BCUT2D eigenvalue weighted by Gasteiger charge is 2.22. The number of hydrogen-bond donors (Lipinski definition) is 1. The van der Waals surface area contributed by atoms with Gasteiger partial charge in [0.1, 0.15) is 18.0 Å². The molecule has 1 saturated heterocycles. The SMILES string of the molecule is COc1cc(NC(=O)Cn2nc(N3CCCC(C)C3)c3ccccc3c2=O)cc(OC)c1. The fourth-order valence-corrected chi connectivity index (χ4v) is 4.16. The number of aromatic nitrogens is 2. The van der Waals surface area contributed by atoms with Crippen LogP contribution in [-0.2, 0) is 11.3 Å². The van der Waals surface area contributed by atoms with E-state index >= 15 is 0 Å². The van der Waals surface area contributed by atoms with E-state index < -0.39 is 0 Å². The fraction of sp³-hybridized carbons (Fsp3) is 0.375. The molecule has 1 amide bonds. The van der Waals surface area contributed by atoms with Gasteiger partial charge in [-0.2, -0.15) is 5.10 Å². The van der Waals surface area contributed by atoms with E-state index in [0.29, 0.717) is 28.5 Å². The highest BCUT2D eigenvalue weighted by molar-refractivity contribution is 5.93. The minimum atomic E-state index is -0.358. The van der Waals surface area contributed by atoms with Crippen molar-refractivity contribution in [2.24, 2.45) is 5.92 Å². The maximum absolute atomic E-state index is 13.1. The Balaban J connectivity index is 1.65. The molecule has 2 aromatic carbocycles. The number of nitrogens with zero attached hydrogens (tertiary/aromatic N) is 3. The van der Waals surface area contributed by atoms with Crippen LogP contribution in [-0.4, -0.2) is 43.0 Å². The first-order valence-electron chi connectivity index (χ1n) is 10.8. The first-order chi connectivity index (χ1) is 15.5. The second-order valence-corrected chi connectivity index (χ2v) is 8.17. The molecule has 1 N–H and O–H groups in total. The smallest absolute Gasteiger partial charge is 0.275 e. The fourth-order valence-electron chi connectivity index (χ4n) is 4.16. The number of ether oxygens (including phenoxy) is 2. The molecule has 1 fully saturated rings. The van der Waals surface area contributed by atoms with E-state index in [1.807, 2.05) is 18.2 Å². The van der Waals surface area contributed by atoms with Gasteiger partial charge in [0, 0.05) is 42.4 Å². The van der Waals surface area contributed by atoms with E-state index in [0.717, 1.165) is 30.7 Å². The van der Waals surface area contributed by atoms with Crippen molar-refractivity contribution in [1.82, 2.24) is 9.78 Å². The second-order valence-electron chi connectivity index (χ2n) is 8.17. The van der Waals surface area contributed by atoms with Crippen molar-refractivity contribution < 1.29 is 14.3 Å². The Morgan fingerprint density at radius 2 is 1.81 bits per heavy atom. The summed E-state index contributed by atoms with van der Waals surface area (Å²) in [6, 6.07) is 12.6. The minimum absolute atomic E-state index is 0.195. The van der Waals surface area contributed by atoms with E-state index in [4.69, 9.17) is 9.47 Å². The topological polar surface area (TPSA) is 85.7 Å². The van der Waals surface area contributed by atoms with Crippen LogP contribution in [0.25, 0.3) is 10.8 Å². The van der Waals surface area contributed by atoms with Crippen molar-refractivity contribution in [2.75, 3.05) is 37.5 Å². The van der Waals surface area contributed by atoms with Gasteiger partial charge in [0.2, 0.25) is 5.91 Å². The number of nitrogens with one attached hydrogen (secondary N) is 1. The van der Waals surface area contributed by atoms with Gasteiger partial charge in [-0.3, -0.25) is 9.59 Å². The first-order valence-corrected chi connectivity index (χ1v) is 10.8. The molecule has 168 valence electrons. The highest BCUT2D eigenvalue weighted by Crippen LogP contribution is 2.27. The average Bonchev–Trinajstić information content (AvgIpc) is 2.80. The zero-order valence-electron chi connectivity index (χ0n) is 18.6. The van der Waals surface area contributed by atoms with Crippen molar-refractivity contribution in [3.63, 3.8) is 0 Å². The Hall–Kier alpha value is -3.55. The number of anilines is 2. The number of benzene rings is 2. The monoisotopic (exact) mass is 436 g/mol. The van der Waals surface area contributed by atoms with Crippen molar-refractivity contribution in [3.8, 4) is 11.5 Å². The molecule has 1 atom stereocenters. The van der Waals surface area contributed by atoms with Crippen molar-refractivity contribution in [1.29, 1.82) is 0 Å². The number of methoxy groups -OCH3 is 2. The van der Waals surface area contributed by atoms with Gasteiger partial charge in [0.05, 0.1) is 19.6 Å². The molecule has 4 rings (SSSR count). The zero-order chi connectivity index (χ0) is 22.7. The Morgan fingerprint density at radius 3 is 2.47 bits per heavy atom. The molecule has 0 aliphatic carbocycles. The Morgan fingerprint density at radius 1 is 1.12 bits per heavy atom. The summed E-state index contributed by atoms with van der Waals surface area (Å²) in [6.07, 6.45) is 2.26. The van der Waals surface area contributed by atoms with Crippen LogP contribution in [0.3, 0.4) is 0 Å². The zero-order valence-corrected chi connectivity index (χ0v) is 18.6. The van der Waals surface area contributed by atoms with Crippen LogP contribution in [0.15, 0.2) is 47.3 Å². The van der Waals surface area contributed by atoms with Gasteiger partial charge in [-0.1, -0.05) is 25.1 Å². The van der Waals surface area contributed by atoms with Crippen molar-refractivity contribution in [2.45, 2.75) is 26.3 Å². The predicted molar refractivity (Wildman–Crippen MR) is 125 cm³/mol. The molecule has 32 heavy (non-hydrogen) atoms. The summed E-state index contributed by atoms with van der Waals surface area (Å²) in [7, 11) is 3.09. The van der Waals surface area contributed by atoms with Crippen LogP contribution < -0.4 is 25.2 Å². The molecular formula is C24H28N4O4. The maximum Gasteiger partial charge on any atom is 0.275 e. The third-order valence-corrected chi connectivity index (χ3v) is 5.73. The standard InChI is InChI=1S/C24H28N4O4/c1-16-7-6-10-27(14-16)23-20-8-4-5-9-21(20)24(30)28(26-23)15-22(29)25-17-11-18(31-2)13-19(12-17)32-3/h4-5,8-9,11-13,16H,6-7,10,14-15H2,1-3H3,(H,25,29). The van der Waals surface area contributed by atoms with E-state index in [1.165, 1.54) is 11.1 Å². The predicted octanol–water partition coefficient (Wildman–Crippen LogP) is 3.29. The third kappa shape index (κ3) is 4.54. The van der Waals surface area contributed by atoms with E-state index in [-0.39, 0.29) is 18.0 Å². The maximum atomic E-state index is 13.1. The number of hydrogen-bond acceptors (Lipinski definition) is 6. The normalized spacial score (nSPS) is 16.1. The van der Waals surface area contributed by atoms with E-state index in [9.17, 15) is 9.59 Å². The number of carbonyl (C=O) groups is 1. The lowest BCUT2D eigenvalue weighted by molar-refractivity contribution is -0.117. The number of piperidine rings is 1. The lowest BCUT2D eigenvalue weighted by Crippen LogP contribution is -2.38. The third-order valence-electron chi connectivity index (χ3n) is 5.73. The average molecular weight is 437 g/mol. The van der Waals surface area contributed by atoms with Gasteiger partial charge in [0.15, 0.2) is 5.82 Å². The van der Waals surface area contributed by atoms with E-state index in [1.54, 1.807) is 38.5 Å². The summed E-state index contributed by atoms with van der Waals surface area (Å²) in [6.45, 7) is 3.79. The molecule has 3 aromatic rings. The number of carbonyl (C=O) groups excluding carboxylic acids is 1. The molecule has 0 spiro atoms. The Kier molecular flexibility index (Phi) is 6.30. The number of fused-ring (bicyclic) bond motifs is 1. The summed E-state index contributed by atoms with van der Waals surface area (Å²) in [5, 5.41) is 8.82. The summed E-state index contributed by atoms with van der Waals surface area (Å²) >= 11 is 0. The Bertz CT molecular complexity index is 1170.